The van der Waals surface area contributed by atoms with E-state index >= 15 is 0 Å². The largest absolute Gasteiger partial charge is 0.395 e. The number of hydrogen-bond donors (Lipinski definition) is 0. The van der Waals surface area contributed by atoms with Gasteiger partial charge in [0.05, 0.1) is 11.3 Å². The van der Waals surface area contributed by atoms with Gasteiger partial charge in [-0.25, -0.2) is 0 Å². The molecular weight excluding hydrogens is 545 g/mol. The van der Waals surface area contributed by atoms with Crippen LogP contribution in [0.3, 0.4) is 0 Å². The predicted molar refractivity (Wildman–Crippen MR) is 169 cm³/mol. The van der Waals surface area contributed by atoms with E-state index in [1.165, 1.54) is 28.0 Å². The minimum Gasteiger partial charge on any atom is -0.303 e. The Balaban J connectivity index is 1.25. The molecule has 0 spiro atoms. The molecule has 3 aliphatic carbocycles. The highest BCUT2D eigenvalue weighted by Gasteiger charge is 2.43. The third-order valence-corrected chi connectivity index (χ3v) is 10.2. The molecule has 43 heavy (non-hydrogen) atoms. The lowest BCUT2D eigenvalue weighted by atomic mass is 9.75. The number of pyridine rings is 1. The van der Waals surface area contributed by atoms with E-state index in [1.54, 1.807) is 6.08 Å². The number of ketones is 1. The van der Waals surface area contributed by atoms with Gasteiger partial charge in [-0.05, 0) is 114 Å². The van der Waals surface area contributed by atoms with Crippen molar-refractivity contribution in [3.8, 4) is 0 Å². The zero-order chi connectivity index (χ0) is 30.6. The SMILES string of the molecule is CC1CCC(C(=O)CCC2=CC(C(F)(F)F)C(CC=C3CCCN(C)C(C)C3)C=C2)C/C1=c1\nccc2c1=CCCC=C2. The summed E-state index contributed by atoms with van der Waals surface area (Å²) in [6.07, 6.45) is 19.6. The Bertz CT molecular complexity index is 1420. The number of allylic oxidation sites excluding steroid dienone is 6. The fraction of sp³-hybridized carbons (Fsp3) is 0.568. The Morgan fingerprint density at radius 3 is 2.79 bits per heavy atom. The second-order valence-electron chi connectivity index (χ2n) is 13.3. The van der Waals surface area contributed by atoms with Gasteiger partial charge in [-0.1, -0.05) is 60.6 Å². The number of fused-ring (bicyclic) bond motifs is 1. The van der Waals surface area contributed by atoms with Crippen LogP contribution in [0.1, 0.15) is 90.0 Å². The van der Waals surface area contributed by atoms with E-state index < -0.39 is 18.0 Å². The van der Waals surface area contributed by atoms with Crippen LogP contribution in [-0.2, 0) is 4.79 Å². The molecule has 5 atom stereocenters. The van der Waals surface area contributed by atoms with Crippen LogP contribution in [0, 0.1) is 23.7 Å². The lowest BCUT2D eigenvalue weighted by molar-refractivity contribution is -0.170. The summed E-state index contributed by atoms with van der Waals surface area (Å²) < 4.78 is 42.6. The van der Waals surface area contributed by atoms with Crippen molar-refractivity contribution in [3.05, 3.63) is 69.9 Å². The Morgan fingerprint density at radius 2 is 1.98 bits per heavy atom. The van der Waals surface area contributed by atoms with Gasteiger partial charge in [0.2, 0.25) is 0 Å². The highest BCUT2D eigenvalue weighted by Crippen LogP contribution is 2.41. The Hall–Kier alpha value is -2.73. The van der Waals surface area contributed by atoms with Gasteiger partial charge in [0.1, 0.15) is 5.78 Å². The zero-order valence-electron chi connectivity index (χ0n) is 26.0. The maximum atomic E-state index is 14.2. The molecule has 1 saturated heterocycles. The average molecular weight is 593 g/mol. The molecule has 1 aromatic heterocycles. The summed E-state index contributed by atoms with van der Waals surface area (Å²) in [5.74, 6) is -1.69. The molecule has 0 aromatic carbocycles. The quantitative estimate of drug-likeness (QED) is 0.317. The van der Waals surface area contributed by atoms with Gasteiger partial charge < -0.3 is 4.90 Å². The van der Waals surface area contributed by atoms with Crippen LogP contribution in [0.2, 0.25) is 0 Å². The van der Waals surface area contributed by atoms with Gasteiger partial charge in [0.25, 0.3) is 0 Å². The molecule has 1 aromatic rings. The third-order valence-electron chi connectivity index (χ3n) is 10.2. The van der Waals surface area contributed by atoms with Crippen LogP contribution < -0.4 is 10.6 Å². The lowest BCUT2D eigenvalue weighted by Gasteiger charge is -2.29. The second-order valence-corrected chi connectivity index (χ2v) is 13.3. The first-order chi connectivity index (χ1) is 20.6. The Kier molecular flexibility index (Phi) is 10.3. The number of carbonyl (C=O) groups excluding carboxylic acids is 1. The number of rotatable bonds is 6. The van der Waals surface area contributed by atoms with Gasteiger partial charge >= 0.3 is 6.18 Å². The Morgan fingerprint density at radius 1 is 1.14 bits per heavy atom. The number of aromatic nitrogens is 1. The maximum absolute atomic E-state index is 14.2. The summed E-state index contributed by atoms with van der Waals surface area (Å²) in [6.45, 7) is 5.43. The van der Waals surface area contributed by atoms with Gasteiger partial charge in [-0.15, -0.1) is 0 Å². The van der Waals surface area contributed by atoms with Gasteiger partial charge in [0, 0.05) is 29.8 Å². The minimum absolute atomic E-state index is 0.0999. The van der Waals surface area contributed by atoms with E-state index in [-0.39, 0.29) is 18.1 Å². The molecule has 4 aliphatic rings. The molecule has 0 amide bonds. The molecular formula is C37H47F3N2O. The number of Topliss-reactive ketones (excluding diaryl/α,β-unsaturated/α-hetero) is 1. The summed E-state index contributed by atoms with van der Waals surface area (Å²) >= 11 is 0. The van der Waals surface area contributed by atoms with Crippen LogP contribution in [0.4, 0.5) is 13.2 Å². The number of carbonyl (C=O) groups is 1. The first-order valence-electron chi connectivity index (χ1n) is 16.3. The average Bonchev–Trinajstić information content (AvgIpc) is 3.32. The normalized spacial score (nSPS) is 30.7. The van der Waals surface area contributed by atoms with E-state index in [1.807, 2.05) is 18.3 Å². The topological polar surface area (TPSA) is 33.2 Å². The van der Waals surface area contributed by atoms with Crippen LogP contribution in [-0.4, -0.2) is 41.5 Å². The number of likely N-dealkylation sites (tertiary alicyclic amines) is 1. The van der Waals surface area contributed by atoms with Gasteiger partial charge in [0.15, 0.2) is 0 Å². The molecule has 6 heteroatoms. The van der Waals surface area contributed by atoms with Crippen molar-refractivity contribution in [3.63, 3.8) is 0 Å². The van der Waals surface area contributed by atoms with Crippen LogP contribution in [0.5, 0.6) is 0 Å². The van der Waals surface area contributed by atoms with Crippen molar-refractivity contribution < 1.29 is 18.0 Å². The molecule has 232 valence electrons. The van der Waals surface area contributed by atoms with Gasteiger partial charge in [-0.3, -0.25) is 9.78 Å². The number of hydrogen-bond acceptors (Lipinski definition) is 3. The fourth-order valence-electron chi connectivity index (χ4n) is 7.32. The van der Waals surface area contributed by atoms with E-state index in [0.29, 0.717) is 36.8 Å². The molecule has 0 radical (unpaired) electrons. The Labute approximate surface area is 255 Å². The molecule has 3 nitrogen and oxygen atoms in total. The van der Waals surface area contributed by atoms with Crippen molar-refractivity contribution in [1.82, 2.24) is 9.88 Å². The molecule has 1 saturated carbocycles. The van der Waals surface area contributed by atoms with Gasteiger partial charge in [-0.2, -0.15) is 13.2 Å². The summed E-state index contributed by atoms with van der Waals surface area (Å²) in [4.78, 5) is 20.5. The monoisotopic (exact) mass is 592 g/mol. The van der Waals surface area contributed by atoms with Crippen LogP contribution in [0.15, 0.2) is 53.8 Å². The van der Waals surface area contributed by atoms with E-state index in [2.05, 4.69) is 50.1 Å². The van der Waals surface area contributed by atoms with E-state index in [0.717, 1.165) is 56.8 Å². The molecule has 0 N–H and O–H groups in total. The molecule has 5 rings (SSSR count). The summed E-state index contributed by atoms with van der Waals surface area (Å²) in [6, 6.07) is 2.46. The molecule has 1 aliphatic heterocycles. The molecule has 2 heterocycles. The summed E-state index contributed by atoms with van der Waals surface area (Å²) in [5, 5.41) is 2.19. The minimum atomic E-state index is -4.31. The van der Waals surface area contributed by atoms with Crippen molar-refractivity contribution >= 4 is 23.5 Å². The van der Waals surface area contributed by atoms with Crippen molar-refractivity contribution in [2.45, 2.75) is 96.7 Å². The summed E-state index contributed by atoms with van der Waals surface area (Å²) in [5.41, 5.74) is 4.33. The zero-order valence-corrected chi connectivity index (χ0v) is 26.0. The fourth-order valence-corrected chi connectivity index (χ4v) is 7.32. The van der Waals surface area contributed by atoms with Crippen molar-refractivity contribution in [2.75, 3.05) is 13.6 Å². The maximum Gasteiger partial charge on any atom is 0.395 e. The second kappa shape index (κ2) is 13.9. The lowest BCUT2D eigenvalue weighted by Crippen LogP contribution is -2.36. The highest BCUT2D eigenvalue weighted by molar-refractivity contribution is 5.83. The highest BCUT2D eigenvalue weighted by atomic mass is 19.4. The molecule has 5 unspecified atom stereocenters. The van der Waals surface area contributed by atoms with Crippen molar-refractivity contribution in [2.24, 2.45) is 23.7 Å². The van der Waals surface area contributed by atoms with Crippen LogP contribution in [0.25, 0.3) is 17.7 Å². The van der Waals surface area contributed by atoms with E-state index in [9.17, 15) is 18.0 Å². The first kappa shape index (κ1) is 31.7. The van der Waals surface area contributed by atoms with E-state index in [4.69, 9.17) is 4.98 Å². The van der Waals surface area contributed by atoms with Crippen molar-refractivity contribution in [1.29, 1.82) is 0 Å². The number of alkyl halides is 3. The standard InChI is InChI=1S/C37H47F3N2O/c1-25-11-15-31(24-33(25)36-32-10-6-4-5-9-29(32)19-20-41-36)35(43)18-14-28-13-17-30(34(23-28)37(38,39)40)16-12-27-8-7-21-42(3)26(2)22-27/h5,9-10,12-13,17,19-20,23,25-26,30-31,34H,4,6-8,11,14-16,18,21-22,24H2,1-3H3/b27-12?,36-33+. The predicted octanol–water partition coefficient (Wildman–Crippen LogP) is 7.72. The smallest absolute Gasteiger partial charge is 0.303 e. The molecule has 2 fully saturated rings. The molecule has 0 bridgehead atoms. The first-order valence-corrected chi connectivity index (χ1v) is 16.3. The van der Waals surface area contributed by atoms with Crippen LogP contribution >= 0.6 is 0 Å². The third kappa shape index (κ3) is 7.87. The summed E-state index contributed by atoms with van der Waals surface area (Å²) in [7, 11) is 2.12. The number of nitrogens with zero attached hydrogens (tertiary/aromatic N) is 2. The number of halogens is 3.